The Labute approximate surface area is 132 Å². The molecule has 22 heavy (non-hydrogen) atoms. The van der Waals surface area contributed by atoms with Crippen molar-refractivity contribution in [1.29, 1.82) is 0 Å². The first kappa shape index (κ1) is 16.0. The number of rotatable bonds is 7. The number of thiazole rings is 2. The lowest BCUT2D eigenvalue weighted by molar-refractivity contribution is -0.381. The lowest BCUT2D eigenvalue weighted by atomic mass is 10.5. The minimum absolute atomic E-state index is 0.0154. The molecule has 12 heteroatoms. The average Bonchev–Trinajstić information content (AvgIpc) is 2.98. The molecule has 0 aromatic carbocycles. The zero-order chi connectivity index (χ0) is 16.3. The third kappa shape index (κ3) is 3.65. The quantitative estimate of drug-likeness (QED) is 0.444. The first-order valence-electron chi connectivity index (χ1n) is 6.10. The van der Waals surface area contributed by atoms with Gasteiger partial charge in [-0.3, -0.25) is 20.2 Å². The summed E-state index contributed by atoms with van der Waals surface area (Å²) in [6, 6.07) is 0. The molecule has 2 heterocycles. The molecule has 0 atom stereocenters. The molecule has 2 aromatic heterocycles. The van der Waals surface area contributed by atoms with E-state index < -0.39 is 9.85 Å². The molecule has 0 fully saturated rings. The number of nitrogens with zero attached hydrogens (tertiary/aromatic N) is 4. The van der Waals surface area contributed by atoms with Crippen LogP contribution in [0.3, 0.4) is 0 Å². The van der Waals surface area contributed by atoms with Crippen LogP contribution in [-0.4, -0.2) is 32.9 Å². The fourth-order valence-electron chi connectivity index (χ4n) is 1.61. The smallest absolute Gasteiger partial charge is 0.348 e. The third-order valence-electron chi connectivity index (χ3n) is 2.55. The van der Waals surface area contributed by atoms with Crippen molar-refractivity contribution in [3.63, 3.8) is 0 Å². The van der Waals surface area contributed by atoms with Crippen LogP contribution in [0.4, 0.5) is 20.3 Å². The first-order chi connectivity index (χ1) is 10.4. The van der Waals surface area contributed by atoms with E-state index in [4.69, 9.17) is 0 Å². The molecule has 2 aromatic rings. The van der Waals surface area contributed by atoms with Crippen molar-refractivity contribution >= 4 is 42.9 Å². The fourth-order valence-corrected chi connectivity index (χ4v) is 3.22. The van der Waals surface area contributed by atoms with Crippen LogP contribution < -0.4 is 10.6 Å². The fraction of sp³-hybridized carbons (Fsp3) is 0.400. The van der Waals surface area contributed by atoms with Crippen molar-refractivity contribution in [3.8, 4) is 0 Å². The van der Waals surface area contributed by atoms with Gasteiger partial charge in [-0.1, -0.05) is 0 Å². The van der Waals surface area contributed by atoms with Crippen molar-refractivity contribution in [2.75, 3.05) is 23.7 Å². The van der Waals surface area contributed by atoms with Crippen LogP contribution in [0.25, 0.3) is 0 Å². The van der Waals surface area contributed by atoms with E-state index in [0.29, 0.717) is 34.7 Å². The van der Waals surface area contributed by atoms with Crippen LogP contribution in [0.5, 0.6) is 0 Å². The van der Waals surface area contributed by atoms with Gasteiger partial charge in [-0.25, -0.2) is 9.97 Å². The Bertz CT molecular complexity index is 652. The SMILES string of the molecule is Cc1nc(NCCNc2nc(C)c([N+](=O)[O-])s2)sc1[N+](=O)[O-]. The second-order valence-electron chi connectivity index (χ2n) is 4.19. The van der Waals surface area contributed by atoms with E-state index in [1.54, 1.807) is 13.8 Å². The second-order valence-corrected chi connectivity index (χ2v) is 6.14. The number of anilines is 2. The third-order valence-corrected chi connectivity index (χ3v) is 4.69. The Balaban J connectivity index is 1.84. The summed E-state index contributed by atoms with van der Waals surface area (Å²) in [5.74, 6) is 0. The predicted molar refractivity (Wildman–Crippen MR) is 84.0 cm³/mol. The molecule has 10 nitrogen and oxygen atoms in total. The maximum atomic E-state index is 10.7. The largest absolute Gasteiger partial charge is 0.360 e. The van der Waals surface area contributed by atoms with Gasteiger partial charge in [0.2, 0.25) is 0 Å². The molecule has 0 aliphatic rings. The monoisotopic (exact) mass is 344 g/mol. The number of aromatic nitrogens is 2. The number of hydrogen-bond acceptors (Lipinski definition) is 10. The highest BCUT2D eigenvalue weighted by molar-refractivity contribution is 7.19. The van der Waals surface area contributed by atoms with Gasteiger partial charge in [0.1, 0.15) is 11.4 Å². The normalized spacial score (nSPS) is 10.5. The van der Waals surface area contributed by atoms with Gasteiger partial charge in [0, 0.05) is 13.1 Å². The maximum Gasteiger partial charge on any atom is 0.348 e. The molecular formula is C10H12N6O4S2. The number of nitro groups is 2. The Morgan fingerprint density at radius 3 is 1.55 bits per heavy atom. The molecule has 2 N–H and O–H groups in total. The van der Waals surface area contributed by atoms with Gasteiger partial charge >= 0.3 is 10.0 Å². The van der Waals surface area contributed by atoms with E-state index in [9.17, 15) is 20.2 Å². The van der Waals surface area contributed by atoms with Crippen LogP contribution in [-0.2, 0) is 0 Å². The molecular weight excluding hydrogens is 332 g/mol. The average molecular weight is 344 g/mol. The van der Waals surface area contributed by atoms with Crippen LogP contribution >= 0.6 is 22.7 Å². The number of aryl methyl sites for hydroxylation is 2. The second kappa shape index (κ2) is 6.62. The lowest BCUT2D eigenvalue weighted by Gasteiger charge is -2.02. The minimum Gasteiger partial charge on any atom is -0.360 e. The van der Waals surface area contributed by atoms with Gasteiger partial charge in [-0.2, -0.15) is 0 Å². The van der Waals surface area contributed by atoms with Crippen LogP contribution in [0.1, 0.15) is 11.4 Å². The molecule has 0 unspecified atom stereocenters. The predicted octanol–water partition coefficient (Wildman–Crippen LogP) is 2.56. The summed E-state index contributed by atoms with van der Waals surface area (Å²) in [6.07, 6.45) is 0. The highest BCUT2D eigenvalue weighted by atomic mass is 32.1. The first-order valence-corrected chi connectivity index (χ1v) is 7.73. The van der Waals surface area contributed by atoms with E-state index in [2.05, 4.69) is 20.6 Å². The summed E-state index contributed by atoms with van der Waals surface area (Å²) < 4.78 is 0. The van der Waals surface area contributed by atoms with E-state index in [1.807, 2.05) is 0 Å². The van der Waals surface area contributed by atoms with Gasteiger partial charge in [0.05, 0.1) is 9.85 Å². The molecule has 0 radical (unpaired) electrons. The van der Waals surface area contributed by atoms with Gasteiger partial charge < -0.3 is 10.6 Å². The van der Waals surface area contributed by atoms with Crippen LogP contribution in [0, 0.1) is 34.1 Å². The highest BCUT2D eigenvalue weighted by Crippen LogP contribution is 2.30. The summed E-state index contributed by atoms with van der Waals surface area (Å²) in [5.41, 5.74) is 0.744. The minimum atomic E-state index is -0.464. The molecule has 0 saturated heterocycles. The summed E-state index contributed by atoms with van der Waals surface area (Å²) in [4.78, 5) is 28.6. The number of nitrogens with one attached hydrogen (secondary N) is 2. The van der Waals surface area contributed by atoms with Crippen LogP contribution in [0.15, 0.2) is 0 Å². The maximum absolute atomic E-state index is 10.7. The van der Waals surface area contributed by atoms with E-state index in [-0.39, 0.29) is 10.0 Å². The topological polar surface area (TPSA) is 136 Å². The summed E-state index contributed by atoms with van der Waals surface area (Å²) in [7, 11) is 0. The van der Waals surface area contributed by atoms with Crippen LogP contribution in [0.2, 0.25) is 0 Å². The Hall–Kier alpha value is -2.34. The van der Waals surface area contributed by atoms with Crippen molar-refractivity contribution in [1.82, 2.24) is 9.97 Å². The molecule has 2 rings (SSSR count). The van der Waals surface area contributed by atoms with Gasteiger partial charge in [0.15, 0.2) is 10.3 Å². The molecule has 0 saturated carbocycles. The zero-order valence-electron chi connectivity index (χ0n) is 11.7. The highest BCUT2D eigenvalue weighted by Gasteiger charge is 2.18. The Kier molecular flexibility index (Phi) is 4.82. The van der Waals surface area contributed by atoms with Crippen molar-refractivity contribution in [2.45, 2.75) is 13.8 Å². The molecule has 0 aliphatic heterocycles. The summed E-state index contributed by atoms with van der Waals surface area (Å²) >= 11 is 1.95. The molecule has 0 bridgehead atoms. The zero-order valence-corrected chi connectivity index (χ0v) is 13.3. The standard InChI is InChI=1S/C10H12N6O4S2/c1-5-7(15(17)18)21-9(13-5)11-3-4-12-10-14-6(2)8(22-10)16(19)20/h3-4H2,1-2H3,(H,11,13)(H,12,14). The van der Waals surface area contributed by atoms with Gasteiger partial charge in [-0.15, -0.1) is 0 Å². The number of hydrogen-bond donors (Lipinski definition) is 2. The van der Waals surface area contributed by atoms with Gasteiger partial charge in [-0.05, 0) is 36.5 Å². The van der Waals surface area contributed by atoms with Gasteiger partial charge in [0.25, 0.3) is 0 Å². The summed E-state index contributed by atoms with van der Waals surface area (Å²) in [5, 5.41) is 28.3. The molecule has 0 spiro atoms. The molecule has 0 amide bonds. The Morgan fingerprint density at radius 2 is 1.27 bits per heavy atom. The summed E-state index contributed by atoms with van der Waals surface area (Å²) in [6.45, 7) is 4.07. The van der Waals surface area contributed by atoms with E-state index >= 15 is 0 Å². The van der Waals surface area contributed by atoms with Crippen molar-refractivity contribution in [3.05, 3.63) is 31.6 Å². The van der Waals surface area contributed by atoms with E-state index in [0.717, 1.165) is 22.7 Å². The van der Waals surface area contributed by atoms with Crippen molar-refractivity contribution in [2.24, 2.45) is 0 Å². The lowest BCUT2D eigenvalue weighted by Crippen LogP contribution is -2.13. The van der Waals surface area contributed by atoms with Crippen molar-refractivity contribution < 1.29 is 9.85 Å². The van der Waals surface area contributed by atoms with E-state index in [1.165, 1.54) is 0 Å². The Morgan fingerprint density at radius 1 is 0.909 bits per heavy atom. The molecule has 0 aliphatic carbocycles. The molecule has 118 valence electrons.